The predicted octanol–water partition coefficient (Wildman–Crippen LogP) is 2.27. The smallest absolute Gasteiger partial charge is 0.250 e. The first-order chi connectivity index (χ1) is 10.6. The maximum Gasteiger partial charge on any atom is 0.250 e. The summed E-state index contributed by atoms with van der Waals surface area (Å²) in [6, 6.07) is 4.23. The molecule has 3 rings (SSSR count). The molecule has 1 fully saturated rings. The van der Waals surface area contributed by atoms with E-state index in [0.717, 1.165) is 25.7 Å². The summed E-state index contributed by atoms with van der Waals surface area (Å²) < 4.78 is 18.7. The lowest BCUT2D eigenvalue weighted by atomic mass is 10.0. The van der Waals surface area contributed by atoms with Crippen LogP contribution in [0.1, 0.15) is 31.2 Å². The Hall–Kier alpha value is -1.88. The number of nitrogens with one attached hydrogen (secondary N) is 1. The average molecular weight is 305 g/mol. The van der Waals surface area contributed by atoms with Gasteiger partial charge in [0.15, 0.2) is 0 Å². The summed E-state index contributed by atoms with van der Waals surface area (Å²) in [5.74, 6) is 0.222. The van der Waals surface area contributed by atoms with Crippen LogP contribution in [0.2, 0.25) is 0 Å². The molecule has 1 unspecified atom stereocenters. The maximum atomic E-state index is 13.2. The number of carbonyl (C=O) groups excluding carboxylic acids is 1. The van der Waals surface area contributed by atoms with Crippen molar-refractivity contribution in [2.45, 2.75) is 31.8 Å². The molecule has 1 aliphatic carbocycles. The Morgan fingerprint density at radius 3 is 2.95 bits per heavy atom. The fraction of sp³-hybridized carbons (Fsp3) is 0.471. The number of benzene rings is 1. The van der Waals surface area contributed by atoms with Gasteiger partial charge in [-0.2, -0.15) is 0 Å². The van der Waals surface area contributed by atoms with Crippen molar-refractivity contribution >= 4 is 12.0 Å². The van der Waals surface area contributed by atoms with Gasteiger partial charge in [-0.25, -0.2) is 4.39 Å². The van der Waals surface area contributed by atoms with E-state index < -0.39 is 6.10 Å². The van der Waals surface area contributed by atoms with Crippen LogP contribution in [0.5, 0.6) is 5.75 Å². The Kier molecular flexibility index (Phi) is 4.43. The van der Waals surface area contributed by atoms with Crippen LogP contribution in [0.15, 0.2) is 23.8 Å². The van der Waals surface area contributed by atoms with E-state index in [-0.39, 0.29) is 30.8 Å². The lowest BCUT2D eigenvalue weighted by molar-refractivity contribution is -0.118. The molecule has 0 saturated heterocycles. The largest absolute Gasteiger partial charge is 0.488 e. The number of amides is 1. The highest BCUT2D eigenvalue weighted by Gasteiger charge is 2.24. The quantitative estimate of drug-likeness (QED) is 0.897. The fourth-order valence-corrected chi connectivity index (χ4v) is 3.10. The van der Waals surface area contributed by atoms with Crippen molar-refractivity contribution < 1.29 is 19.0 Å². The van der Waals surface area contributed by atoms with E-state index in [1.165, 1.54) is 12.1 Å². The summed E-state index contributed by atoms with van der Waals surface area (Å²) in [4.78, 5) is 12.1. The highest BCUT2D eigenvalue weighted by atomic mass is 19.1. The highest BCUT2D eigenvalue weighted by molar-refractivity contribution is 5.99. The molecule has 1 saturated carbocycles. The Labute approximate surface area is 129 Å². The van der Waals surface area contributed by atoms with Gasteiger partial charge in [-0.05, 0) is 43.0 Å². The molecule has 22 heavy (non-hydrogen) atoms. The van der Waals surface area contributed by atoms with Crippen LogP contribution in [0.3, 0.4) is 0 Å². The SMILES string of the molecule is O=C(NCC(O)C1CCCC1)C1=Cc2cc(F)ccc2OC1. The number of ether oxygens (including phenoxy) is 1. The summed E-state index contributed by atoms with van der Waals surface area (Å²) in [7, 11) is 0. The lowest BCUT2D eigenvalue weighted by Gasteiger charge is -2.20. The zero-order chi connectivity index (χ0) is 15.5. The van der Waals surface area contributed by atoms with E-state index in [2.05, 4.69) is 5.32 Å². The number of carbonyl (C=O) groups is 1. The first-order valence-electron chi connectivity index (χ1n) is 7.72. The summed E-state index contributed by atoms with van der Waals surface area (Å²) in [6.07, 6.45) is 5.49. The molecule has 4 nitrogen and oxygen atoms in total. The molecule has 0 aromatic heterocycles. The second-order valence-corrected chi connectivity index (χ2v) is 5.96. The van der Waals surface area contributed by atoms with E-state index in [4.69, 9.17) is 4.74 Å². The number of aliphatic hydroxyl groups excluding tert-OH is 1. The van der Waals surface area contributed by atoms with Gasteiger partial charge in [0.2, 0.25) is 0 Å². The first kappa shape index (κ1) is 15.0. The number of halogens is 1. The Bertz CT molecular complexity index is 594. The van der Waals surface area contributed by atoms with Gasteiger partial charge in [0.05, 0.1) is 11.7 Å². The molecule has 1 atom stereocenters. The normalized spacial score (nSPS) is 19.1. The minimum atomic E-state index is -0.499. The molecule has 5 heteroatoms. The van der Waals surface area contributed by atoms with Crippen molar-refractivity contribution in [2.24, 2.45) is 5.92 Å². The van der Waals surface area contributed by atoms with Crippen LogP contribution in [0.25, 0.3) is 6.08 Å². The third-order valence-electron chi connectivity index (χ3n) is 4.39. The molecule has 1 heterocycles. The Morgan fingerprint density at radius 2 is 2.18 bits per heavy atom. The second-order valence-electron chi connectivity index (χ2n) is 5.96. The number of fused-ring (bicyclic) bond motifs is 1. The molecular weight excluding hydrogens is 285 g/mol. The van der Waals surface area contributed by atoms with Gasteiger partial charge in [0.1, 0.15) is 18.2 Å². The summed E-state index contributed by atoms with van der Waals surface area (Å²) in [5.41, 5.74) is 1.00. The molecule has 118 valence electrons. The van der Waals surface area contributed by atoms with Crippen LogP contribution in [-0.4, -0.2) is 30.3 Å². The van der Waals surface area contributed by atoms with E-state index in [1.807, 2.05) is 0 Å². The minimum absolute atomic E-state index is 0.157. The summed E-state index contributed by atoms with van der Waals surface area (Å²) >= 11 is 0. The van der Waals surface area contributed by atoms with Gasteiger partial charge in [-0.1, -0.05) is 12.8 Å². The summed E-state index contributed by atoms with van der Waals surface area (Å²) in [5, 5.41) is 12.8. The van der Waals surface area contributed by atoms with Crippen molar-refractivity contribution in [1.29, 1.82) is 0 Å². The number of hydrogen-bond acceptors (Lipinski definition) is 3. The van der Waals surface area contributed by atoms with Crippen molar-refractivity contribution in [3.8, 4) is 5.75 Å². The topological polar surface area (TPSA) is 58.6 Å². The van der Waals surface area contributed by atoms with Crippen molar-refractivity contribution in [3.05, 3.63) is 35.2 Å². The van der Waals surface area contributed by atoms with Crippen molar-refractivity contribution in [3.63, 3.8) is 0 Å². The van der Waals surface area contributed by atoms with E-state index >= 15 is 0 Å². The molecule has 0 radical (unpaired) electrons. The van der Waals surface area contributed by atoms with Crippen LogP contribution >= 0.6 is 0 Å². The first-order valence-corrected chi connectivity index (χ1v) is 7.72. The molecule has 1 aliphatic heterocycles. The molecule has 0 bridgehead atoms. The molecule has 2 N–H and O–H groups in total. The zero-order valence-electron chi connectivity index (χ0n) is 12.3. The lowest BCUT2D eigenvalue weighted by Crippen LogP contribution is -2.37. The molecule has 1 amide bonds. The average Bonchev–Trinajstić information content (AvgIpc) is 3.06. The van der Waals surface area contributed by atoms with Gasteiger partial charge in [-0.3, -0.25) is 4.79 Å². The van der Waals surface area contributed by atoms with E-state index in [0.29, 0.717) is 16.9 Å². The molecular formula is C17H20FNO3. The number of aliphatic hydroxyl groups is 1. The number of rotatable bonds is 4. The standard InChI is InChI=1S/C17H20FNO3/c18-14-5-6-16-12(8-14)7-13(10-22-16)17(21)19-9-15(20)11-3-1-2-4-11/h5-8,11,15,20H,1-4,9-10H2,(H,19,21). The maximum absolute atomic E-state index is 13.2. The monoisotopic (exact) mass is 305 g/mol. The number of hydrogen-bond donors (Lipinski definition) is 2. The molecule has 2 aliphatic rings. The van der Waals surface area contributed by atoms with Gasteiger partial charge < -0.3 is 15.2 Å². The van der Waals surface area contributed by atoms with Crippen LogP contribution in [0.4, 0.5) is 4.39 Å². The third-order valence-corrected chi connectivity index (χ3v) is 4.39. The van der Waals surface area contributed by atoms with E-state index in [1.54, 1.807) is 12.1 Å². The van der Waals surface area contributed by atoms with Gasteiger partial charge in [0.25, 0.3) is 5.91 Å². The summed E-state index contributed by atoms with van der Waals surface area (Å²) in [6.45, 7) is 0.404. The predicted molar refractivity (Wildman–Crippen MR) is 80.8 cm³/mol. The van der Waals surface area contributed by atoms with Gasteiger partial charge in [0, 0.05) is 12.1 Å². The highest BCUT2D eigenvalue weighted by Crippen LogP contribution is 2.28. The van der Waals surface area contributed by atoms with E-state index in [9.17, 15) is 14.3 Å². The van der Waals surface area contributed by atoms with Crippen LogP contribution in [0, 0.1) is 11.7 Å². The second kappa shape index (κ2) is 6.48. The molecule has 0 spiro atoms. The van der Waals surface area contributed by atoms with Gasteiger partial charge >= 0.3 is 0 Å². The minimum Gasteiger partial charge on any atom is -0.488 e. The van der Waals surface area contributed by atoms with Crippen molar-refractivity contribution in [1.82, 2.24) is 5.32 Å². The fourth-order valence-electron chi connectivity index (χ4n) is 3.10. The van der Waals surface area contributed by atoms with Crippen molar-refractivity contribution in [2.75, 3.05) is 13.2 Å². The van der Waals surface area contributed by atoms with Gasteiger partial charge in [-0.15, -0.1) is 0 Å². The van der Waals surface area contributed by atoms with Crippen LogP contribution < -0.4 is 10.1 Å². The third kappa shape index (κ3) is 3.30. The zero-order valence-corrected chi connectivity index (χ0v) is 12.3. The Morgan fingerprint density at radius 1 is 1.41 bits per heavy atom. The van der Waals surface area contributed by atoms with Crippen LogP contribution in [-0.2, 0) is 4.79 Å². The Balaban J connectivity index is 1.60. The molecule has 1 aromatic carbocycles. The molecule has 1 aromatic rings.